The van der Waals surface area contributed by atoms with Crippen LogP contribution < -0.4 is 0 Å². The van der Waals surface area contributed by atoms with Gasteiger partial charge in [-0.05, 0) is 24.0 Å². The van der Waals surface area contributed by atoms with Crippen molar-refractivity contribution in [1.29, 1.82) is 0 Å². The minimum atomic E-state index is 0.239. The molecule has 0 amide bonds. The molecule has 1 heterocycles. The third-order valence-electron chi connectivity index (χ3n) is 1.60. The van der Waals surface area contributed by atoms with E-state index >= 15 is 0 Å². The number of rotatable bonds is 0. The van der Waals surface area contributed by atoms with Crippen LogP contribution in [0, 0.1) is 6.92 Å². The molecule has 0 atom stereocenters. The van der Waals surface area contributed by atoms with Crippen LogP contribution in [0.2, 0.25) is 4.34 Å². The Morgan fingerprint density at radius 3 is 2.09 bits per heavy atom. The molecule has 62 valence electrons. The maximum Gasteiger partial charge on any atom is 0.0960 e. The van der Waals surface area contributed by atoms with E-state index in [9.17, 15) is 0 Å². The number of thiophene rings is 1. The van der Waals surface area contributed by atoms with Crippen molar-refractivity contribution in [3.63, 3.8) is 0 Å². The zero-order valence-electron chi connectivity index (χ0n) is 7.36. The molecular formula is C9H13ClS. The summed E-state index contributed by atoms with van der Waals surface area (Å²) in [5, 5.41) is 0. The Labute approximate surface area is 77.2 Å². The summed E-state index contributed by atoms with van der Waals surface area (Å²) in [6.45, 7) is 8.66. The topological polar surface area (TPSA) is 0 Å². The SMILES string of the molecule is Cc1cc(C(C)(C)C)sc1Cl. The molecule has 0 aliphatic rings. The van der Waals surface area contributed by atoms with E-state index in [4.69, 9.17) is 11.6 Å². The summed E-state index contributed by atoms with van der Waals surface area (Å²) in [5.41, 5.74) is 1.43. The molecule has 11 heavy (non-hydrogen) atoms. The van der Waals surface area contributed by atoms with Gasteiger partial charge in [-0.1, -0.05) is 32.4 Å². The molecule has 2 heteroatoms. The van der Waals surface area contributed by atoms with Crippen molar-refractivity contribution >= 4 is 22.9 Å². The van der Waals surface area contributed by atoms with E-state index in [1.165, 1.54) is 10.4 Å². The van der Waals surface area contributed by atoms with Gasteiger partial charge in [0.1, 0.15) is 0 Å². The largest absolute Gasteiger partial charge is 0.128 e. The molecule has 0 saturated heterocycles. The highest BCUT2D eigenvalue weighted by Crippen LogP contribution is 2.34. The summed E-state index contributed by atoms with van der Waals surface area (Å²) in [6, 6.07) is 2.17. The Morgan fingerprint density at radius 1 is 1.36 bits per heavy atom. The van der Waals surface area contributed by atoms with E-state index in [0.29, 0.717) is 0 Å². The van der Waals surface area contributed by atoms with Crippen LogP contribution in [0.5, 0.6) is 0 Å². The lowest BCUT2D eigenvalue weighted by Crippen LogP contribution is -2.07. The molecule has 1 rings (SSSR count). The van der Waals surface area contributed by atoms with Crippen LogP contribution in [0.4, 0.5) is 0 Å². The predicted molar refractivity (Wildman–Crippen MR) is 52.8 cm³/mol. The van der Waals surface area contributed by atoms with Gasteiger partial charge in [0, 0.05) is 4.88 Å². The van der Waals surface area contributed by atoms with Gasteiger partial charge in [0.25, 0.3) is 0 Å². The lowest BCUT2D eigenvalue weighted by atomic mass is 9.94. The summed E-state index contributed by atoms with van der Waals surface area (Å²) in [4.78, 5) is 1.36. The van der Waals surface area contributed by atoms with E-state index in [0.717, 1.165) is 4.34 Å². The molecule has 0 aromatic carbocycles. The Bertz CT molecular complexity index is 236. The van der Waals surface area contributed by atoms with Crippen LogP contribution in [-0.4, -0.2) is 0 Å². The molecule has 0 N–H and O–H groups in total. The maximum absolute atomic E-state index is 5.95. The highest BCUT2D eigenvalue weighted by Gasteiger charge is 2.17. The number of halogens is 1. The average molecular weight is 189 g/mol. The Kier molecular flexibility index (Phi) is 2.31. The van der Waals surface area contributed by atoms with Gasteiger partial charge in [-0.25, -0.2) is 0 Å². The predicted octanol–water partition coefficient (Wildman–Crippen LogP) is 4.01. The lowest BCUT2D eigenvalue weighted by Gasteiger charge is -2.14. The molecule has 1 aromatic rings. The monoisotopic (exact) mass is 188 g/mol. The molecule has 0 nitrogen and oxygen atoms in total. The van der Waals surface area contributed by atoms with Crippen molar-refractivity contribution < 1.29 is 0 Å². The summed E-state index contributed by atoms with van der Waals surface area (Å²) in [6.07, 6.45) is 0. The van der Waals surface area contributed by atoms with Crippen LogP contribution in [-0.2, 0) is 5.41 Å². The normalized spacial score (nSPS) is 12.1. The number of hydrogen-bond donors (Lipinski definition) is 0. The number of hydrogen-bond acceptors (Lipinski definition) is 1. The summed E-state index contributed by atoms with van der Waals surface area (Å²) < 4.78 is 0.926. The molecule has 0 bridgehead atoms. The van der Waals surface area contributed by atoms with Crippen molar-refractivity contribution in [2.75, 3.05) is 0 Å². The van der Waals surface area contributed by atoms with Crippen molar-refractivity contribution in [2.45, 2.75) is 33.1 Å². The Morgan fingerprint density at radius 2 is 1.91 bits per heavy atom. The number of aryl methyl sites for hydroxylation is 1. The highest BCUT2D eigenvalue weighted by molar-refractivity contribution is 7.16. The first-order valence-corrected chi connectivity index (χ1v) is 4.87. The third kappa shape index (κ3) is 1.97. The van der Waals surface area contributed by atoms with E-state index in [1.54, 1.807) is 11.3 Å². The molecule has 0 unspecified atom stereocenters. The van der Waals surface area contributed by atoms with Crippen LogP contribution in [0.15, 0.2) is 6.07 Å². The van der Waals surface area contributed by atoms with Crippen molar-refractivity contribution in [3.8, 4) is 0 Å². The standard InChI is InChI=1S/C9H13ClS/c1-6-5-7(9(2,3)4)11-8(6)10/h5H,1-4H3. The second-order valence-corrected chi connectivity index (χ2v) is 5.47. The second kappa shape index (κ2) is 2.80. The van der Waals surface area contributed by atoms with Gasteiger partial charge >= 0.3 is 0 Å². The minimum Gasteiger partial charge on any atom is -0.128 e. The van der Waals surface area contributed by atoms with E-state index < -0.39 is 0 Å². The molecular weight excluding hydrogens is 176 g/mol. The van der Waals surface area contributed by atoms with E-state index in [1.807, 2.05) is 6.92 Å². The van der Waals surface area contributed by atoms with Crippen LogP contribution in [0.25, 0.3) is 0 Å². The van der Waals surface area contributed by atoms with Gasteiger partial charge in [-0.3, -0.25) is 0 Å². The van der Waals surface area contributed by atoms with Crippen LogP contribution in [0.1, 0.15) is 31.2 Å². The first-order valence-electron chi connectivity index (χ1n) is 3.67. The third-order valence-corrected chi connectivity index (χ3v) is 3.58. The van der Waals surface area contributed by atoms with E-state index in [2.05, 4.69) is 26.8 Å². The molecule has 0 aliphatic carbocycles. The van der Waals surface area contributed by atoms with Gasteiger partial charge < -0.3 is 0 Å². The molecule has 0 fully saturated rings. The van der Waals surface area contributed by atoms with Crippen LogP contribution in [0.3, 0.4) is 0 Å². The van der Waals surface area contributed by atoms with Gasteiger partial charge in [0.2, 0.25) is 0 Å². The molecule has 0 aliphatic heterocycles. The van der Waals surface area contributed by atoms with E-state index in [-0.39, 0.29) is 5.41 Å². The summed E-state index contributed by atoms with van der Waals surface area (Å²) >= 11 is 7.64. The van der Waals surface area contributed by atoms with Gasteiger partial charge in [0.05, 0.1) is 4.34 Å². The summed E-state index contributed by atoms with van der Waals surface area (Å²) in [5.74, 6) is 0. The molecule has 0 spiro atoms. The maximum atomic E-state index is 5.95. The first-order chi connectivity index (χ1) is 4.91. The molecule has 0 saturated carbocycles. The first kappa shape index (κ1) is 9.08. The lowest BCUT2D eigenvalue weighted by molar-refractivity contribution is 0.603. The van der Waals surface area contributed by atoms with Crippen molar-refractivity contribution in [3.05, 3.63) is 20.8 Å². The minimum absolute atomic E-state index is 0.239. The van der Waals surface area contributed by atoms with Crippen molar-refractivity contribution in [2.24, 2.45) is 0 Å². The van der Waals surface area contributed by atoms with Gasteiger partial charge in [-0.15, -0.1) is 11.3 Å². The zero-order valence-corrected chi connectivity index (χ0v) is 8.94. The fraction of sp³-hybridized carbons (Fsp3) is 0.556. The van der Waals surface area contributed by atoms with Crippen molar-refractivity contribution in [1.82, 2.24) is 0 Å². The molecule has 1 aromatic heterocycles. The summed E-state index contributed by atoms with van der Waals surface area (Å²) in [7, 11) is 0. The zero-order chi connectivity index (χ0) is 8.65. The Balaban J connectivity index is 3.08. The highest BCUT2D eigenvalue weighted by atomic mass is 35.5. The fourth-order valence-corrected chi connectivity index (χ4v) is 2.09. The fourth-order valence-electron chi connectivity index (χ4n) is 0.829. The van der Waals surface area contributed by atoms with Crippen LogP contribution >= 0.6 is 22.9 Å². The second-order valence-electron chi connectivity index (χ2n) is 3.82. The quantitative estimate of drug-likeness (QED) is 0.577. The average Bonchev–Trinajstić information content (AvgIpc) is 2.11. The molecule has 0 radical (unpaired) electrons. The Hall–Kier alpha value is -0.0100. The van der Waals surface area contributed by atoms with Gasteiger partial charge in [-0.2, -0.15) is 0 Å². The smallest absolute Gasteiger partial charge is 0.0960 e. The van der Waals surface area contributed by atoms with Gasteiger partial charge in [0.15, 0.2) is 0 Å².